The van der Waals surface area contributed by atoms with Crippen LogP contribution < -0.4 is 5.63 Å². The second kappa shape index (κ2) is 7.64. The van der Waals surface area contributed by atoms with Crippen molar-refractivity contribution >= 4 is 44.5 Å². The molecule has 4 nitrogen and oxygen atoms in total. The van der Waals surface area contributed by atoms with E-state index >= 15 is 0 Å². The van der Waals surface area contributed by atoms with Gasteiger partial charge in [0.2, 0.25) is 0 Å². The van der Waals surface area contributed by atoms with Gasteiger partial charge in [-0.25, -0.2) is 4.79 Å². The quantitative estimate of drug-likeness (QED) is 0.413. The topological polar surface area (TPSA) is 56.5 Å². The standard InChI is InChI=1S/C20H16BrClO4/c1-3-25-18(23)9-15-19(12-5-4-6-13(21)8-12)14-7-11(2)16(22)10-17(14)26-20(15)24/h4-8,10H,3,9H2,1-2H3. The lowest BCUT2D eigenvalue weighted by Crippen LogP contribution is -2.17. The van der Waals surface area contributed by atoms with Gasteiger partial charge >= 0.3 is 11.6 Å². The molecule has 0 atom stereocenters. The number of benzene rings is 2. The SMILES string of the molecule is CCOC(=O)Cc1c(-c2cccc(Br)c2)c2cc(C)c(Cl)cc2oc1=O. The molecule has 0 N–H and O–H groups in total. The number of halogens is 2. The van der Waals surface area contributed by atoms with Gasteiger partial charge in [-0.3, -0.25) is 4.79 Å². The van der Waals surface area contributed by atoms with E-state index in [4.69, 9.17) is 20.8 Å². The van der Waals surface area contributed by atoms with Gasteiger partial charge in [0, 0.05) is 26.5 Å². The van der Waals surface area contributed by atoms with Crippen LogP contribution >= 0.6 is 27.5 Å². The number of hydrogen-bond acceptors (Lipinski definition) is 4. The average molecular weight is 436 g/mol. The Morgan fingerprint density at radius 3 is 2.73 bits per heavy atom. The molecule has 1 aromatic heterocycles. The van der Waals surface area contributed by atoms with Gasteiger partial charge in [0.05, 0.1) is 18.6 Å². The largest absolute Gasteiger partial charge is 0.466 e. The van der Waals surface area contributed by atoms with Gasteiger partial charge in [-0.1, -0.05) is 39.7 Å². The first-order chi connectivity index (χ1) is 12.4. The van der Waals surface area contributed by atoms with E-state index in [1.165, 1.54) is 0 Å². The van der Waals surface area contributed by atoms with E-state index in [9.17, 15) is 9.59 Å². The molecule has 0 fully saturated rings. The van der Waals surface area contributed by atoms with Crippen LogP contribution in [0.2, 0.25) is 5.02 Å². The maximum Gasteiger partial charge on any atom is 0.340 e. The Hall–Kier alpha value is -2.11. The third-order valence-electron chi connectivity index (χ3n) is 4.02. The van der Waals surface area contributed by atoms with E-state index in [0.717, 1.165) is 21.0 Å². The molecule has 0 unspecified atom stereocenters. The van der Waals surface area contributed by atoms with E-state index in [1.54, 1.807) is 13.0 Å². The summed E-state index contributed by atoms with van der Waals surface area (Å²) in [5, 5.41) is 1.24. The highest BCUT2D eigenvalue weighted by atomic mass is 79.9. The molecular weight excluding hydrogens is 420 g/mol. The lowest BCUT2D eigenvalue weighted by molar-refractivity contribution is -0.142. The van der Waals surface area contributed by atoms with Crippen molar-refractivity contribution in [1.82, 2.24) is 0 Å². The summed E-state index contributed by atoms with van der Waals surface area (Å²) < 4.78 is 11.3. The highest BCUT2D eigenvalue weighted by Crippen LogP contribution is 2.34. The molecular formula is C20H16BrClO4. The summed E-state index contributed by atoms with van der Waals surface area (Å²) in [5.74, 6) is -0.471. The Kier molecular flexibility index (Phi) is 5.49. The van der Waals surface area contributed by atoms with Crippen LogP contribution in [0.15, 0.2) is 50.1 Å². The zero-order valence-corrected chi connectivity index (χ0v) is 16.6. The van der Waals surface area contributed by atoms with Crippen LogP contribution in [0.25, 0.3) is 22.1 Å². The molecule has 0 saturated heterocycles. The number of esters is 1. The first-order valence-electron chi connectivity index (χ1n) is 8.08. The average Bonchev–Trinajstić information content (AvgIpc) is 2.58. The van der Waals surface area contributed by atoms with Crippen LogP contribution in [-0.4, -0.2) is 12.6 Å². The Morgan fingerprint density at radius 2 is 2.04 bits per heavy atom. The van der Waals surface area contributed by atoms with Crippen molar-refractivity contribution in [2.75, 3.05) is 6.61 Å². The van der Waals surface area contributed by atoms with Gasteiger partial charge in [-0.15, -0.1) is 0 Å². The van der Waals surface area contributed by atoms with Crippen molar-refractivity contribution in [3.05, 3.63) is 67.4 Å². The molecule has 134 valence electrons. The molecule has 0 radical (unpaired) electrons. The van der Waals surface area contributed by atoms with Crippen molar-refractivity contribution in [2.45, 2.75) is 20.3 Å². The van der Waals surface area contributed by atoms with Crippen molar-refractivity contribution in [1.29, 1.82) is 0 Å². The second-order valence-corrected chi connectivity index (χ2v) is 7.16. The minimum absolute atomic E-state index is 0.157. The number of fused-ring (bicyclic) bond motifs is 1. The summed E-state index contributed by atoms with van der Waals surface area (Å²) in [4.78, 5) is 24.7. The highest BCUT2D eigenvalue weighted by Gasteiger charge is 2.20. The highest BCUT2D eigenvalue weighted by molar-refractivity contribution is 9.10. The first-order valence-corrected chi connectivity index (χ1v) is 9.25. The zero-order chi connectivity index (χ0) is 18.8. The summed E-state index contributed by atoms with van der Waals surface area (Å²) in [7, 11) is 0. The van der Waals surface area contributed by atoms with Crippen molar-refractivity contribution in [3.8, 4) is 11.1 Å². The van der Waals surface area contributed by atoms with Gasteiger partial charge in [-0.05, 0) is 43.2 Å². The van der Waals surface area contributed by atoms with Crippen LogP contribution in [0.3, 0.4) is 0 Å². The molecule has 0 aliphatic heterocycles. The van der Waals surface area contributed by atoms with Crippen LogP contribution in [-0.2, 0) is 16.0 Å². The molecule has 0 spiro atoms. The zero-order valence-electron chi connectivity index (χ0n) is 14.3. The Morgan fingerprint density at radius 1 is 1.27 bits per heavy atom. The summed E-state index contributed by atoms with van der Waals surface area (Å²) in [6, 6.07) is 11.0. The molecule has 0 aliphatic rings. The first kappa shape index (κ1) is 18.7. The third-order valence-corrected chi connectivity index (χ3v) is 4.92. The molecule has 0 bridgehead atoms. The minimum Gasteiger partial charge on any atom is -0.466 e. The fourth-order valence-corrected chi connectivity index (χ4v) is 3.41. The fourth-order valence-electron chi connectivity index (χ4n) is 2.86. The van der Waals surface area contributed by atoms with Crippen molar-refractivity contribution < 1.29 is 13.9 Å². The predicted octanol–water partition coefficient (Wildman–Crippen LogP) is 5.29. The number of ether oxygens (including phenoxy) is 1. The molecule has 6 heteroatoms. The maximum absolute atomic E-state index is 12.6. The van der Waals surface area contributed by atoms with Gasteiger partial charge in [0.1, 0.15) is 5.58 Å². The van der Waals surface area contributed by atoms with Crippen LogP contribution in [0.5, 0.6) is 0 Å². The van der Waals surface area contributed by atoms with E-state index < -0.39 is 11.6 Å². The van der Waals surface area contributed by atoms with Gasteiger partial charge in [0.15, 0.2) is 0 Å². The monoisotopic (exact) mass is 434 g/mol. The van der Waals surface area contributed by atoms with Crippen LogP contribution in [0.1, 0.15) is 18.1 Å². The number of rotatable bonds is 4. The normalized spacial score (nSPS) is 10.9. The Balaban J connectivity index is 2.36. The summed E-state index contributed by atoms with van der Waals surface area (Å²) in [6.45, 7) is 3.85. The molecule has 0 amide bonds. The molecule has 2 aromatic carbocycles. The van der Waals surface area contributed by atoms with Crippen LogP contribution in [0.4, 0.5) is 0 Å². The third kappa shape index (κ3) is 3.69. The van der Waals surface area contributed by atoms with Crippen LogP contribution in [0, 0.1) is 6.92 Å². The lowest BCUT2D eigenvalue weighted by atomic mass is 9.94. The smallest absolute Gasteiger partial charge is 0.340 e. The summed E-state index contributed by atoms with van der Waals surface area (Å²) >= 11 is 9.64. The fraction of sp³-hybridized carbons (Fsp3) is 0.200. The number of aryl methyl sites for hydroxylation is 1. The molecule has 3 aromatic rings. The van der Waals surface area contributed by atoms with Gasteiger partial charge in [-0.2, -0.15) is 0 Å². The lowest BCUT2D eigenvalue weighted by Gasteiger charge is -2.13. The maximum atomic E-state index is 12.6. The Labute approximate surface area is 163 Å². The number of carbonyl (C=O) groups excluding carboxylic acids is 1. The molecule has 1 heterocycles. The van der Waals surface area contributed by atoms with Crippen molar-refractivity contribution in [3.63, 3.8) is 0 Å². The predicted molar refractivity (Wildman–Crippen MR) is 106 cm³/mol. The molecule has 0 saturated carbocycles. The second-order valence-electron chi connectivity index (χ2n) is 5.83. The molecule has 0 aliphatic carbocycles. The Bertz CT molecular complexity index is 1060. The minimum atomic E-state index is -0.569. The summed E-state index contributed by atoms with van der Waals surface area (Å²) in [5.41, 5.74) is 2.40. The van der Waals surface area contributed by atoms with E-state index in [1.807, 2.05) is 37.3 Å². The van der Waals surface area contributed by atoms with E-state index in [2.05, 4.69) is 15.9 Å². The molecule has 26 heavy (non-hydrogen) atoms. The van der Waals surface area contributed by atoms with Gasteiger partial charge < -0.3 is 9.15 Å². The van der Waals surface area contributed by atoms with Crippen molar-refractivity contribution in [2.24, 2.45) is 0 Å². The van der Waals surface area contributed by atoms with E-state index in [0.29, 0.717) is 16.2 Å². The summed E-state index contributed by atoms with van der Waals surface area (Å²) in [6.07, 6.45) is -0.157. The van der Waals surface area contributed by atoms with E-state index in [-0.39, 0.29) is 18.6 Å². The van der Waals surface area contributed by atoms with Gasteiger partial charge in [0.25, 0.3) is 0 Å². The number of carbonyl (C=O) groups is 1. The molecule has 3 rings (SSSR count). The number of hydrogen-bond donors (Lipinski definition) is 0.